The summed E-state index contributed by atoms with van der Waals surface area (Å²) < 4.78 is 6.97. The Bertz CT molecular complexity index is 562. The van der Waals surface area contributed by atoms with Gasteiger partial charge < -0.3 is 14.7 Å². The minimum absolute atomic E-state index is 0.0174. The van der Waals surface area contributed by atoms with Gasteiger partial charge in [0.2, 0.25) is 5.91 Å². The number of carbonyl (C=O) groups excluding carboxylic acids is 1. The summed E-state index contributed by atoms with van der Waals surface area (Å²) in [6, 6.07) is 0.258. The topological polar surface area (TPSA) is 97.5 Å². The van der Waals surface area contributed by atoms with Crippen LogP contribution in [0, 0.1) is 0 Å². The van der Waals surface area contributed by atoms with Crippen LogP contribution in [0.4, 0.5) is 0 Å². The van der Waals surface area contributed by atoms with E-state index in [0.717, 1.165) is 45.1 Å². The monoisotopic (exact) mass is 322 g/mol. The van der Waals surface area contributed by atoms with Crippen LogP contribution in [0.3, 0.4) is 0 Å². The van der Waals surface area contributed by atoms with E-state index in [1.54, 1.807) is 0 Å². The molecule has 2 aliphatic rings. The van der Waals surface area contributed by atoms with Crippen molar-refractivity contribution < 1.29 is 19.4 Å². The smallest absolute Gasteiger partial charge is 0.358 e. The number of hydrogen-bond acceptors (Lipinski definition) is 5. The summed E-state index contributed by atoms with van der Waals surface area (Å²) in [4.78, 5) is 25.5. The van der Waals surface area contributed by atoms with Crippen LogP contribution in [-0.4, -0.2) is 62.2 Å². The summed E-state index contributed by atoms with van der Waals surface area (Å²) in [5, 5.41) is 16.1. The van der Waals surface area contributed by atoms with Gasteiger partial charge in [-0.3, -0.25) is 4.79 Å². The van der Waals surface area contributed by atoms with E-state index in [-0.39, 0.29) is 30.3 Å². The maximum Gasteiger partial charge on any atom is 0.358 e. The minimum atomic E-state index is -1.14. The molecule has 8 heteroatoms. The molecule has 126 valence electrons. The zero-order valence-corrected chi connectivity index (χ0v) is 13.1. The van der Waals surface area contributed by atoms with E-state index in [4.69, 9.17) is 9.84 Å². The normalized spacial score (nSPS) is 21.7. The van der Waals surface area contributed by atoms with E-state index in [9.17, 15) is 9.59 Å². The fourth-order valence-electron chi connectivity index (χ4n) is 3.38. The van der Waals surface area contributed by atoms with Gasteiger partial charge in [-0.2, -0.15) is 0 Å². The fraction of sp³-hybridized carbons (Fsp3) is 0.733. The third-order valence-corrected chi connectivity index (χ3v) is 4.57. The molecule has 1 unspecified atom stereocenters. The maximum atomic E-state index is 12.7. The van der Waals surface area contributed by atoms with Crippen molar-refractivity contribution in [1.82, 2.24) is 19.9 Å². The van der Waals surface area contributed by atoms with Gasteiger partial charge in [-0.15, -0.1) is 5.10 Å². The number of nitrogens with zero attached hydrogens (tertiary/aromatic N) is 4. The molecule has 0 bridgehead atoms. The molecule has 0 radical (unpaired) electrons. The number of aromatic carboxylic acids is 1. The number of hydrogen-bond donors (Lipinski definition) is 1. The van der Waals surface area contributed by atoms with Crippen LogP contribution in [-0.2, 0) is 16.1 Å². The van der Waals surface area contributed by atoms with E-state index in [1.165, 1.54) is 10.9 Å². The van der Waals surface area contributed by atoms with Crippen molar-refractivity contribution in [2.75, 3.05) is 13.2 Å². The lowest BCUT2D eigenvalue weighted by atomic mass is 10.1. The zero-order chi connectivity index (χ0) is 16.2. The highest BCUT2D eigenvalue weighted by Gasteiger charge is 2.30. The first-order chi connectivity index (χ1) is 11.1. The van der Waals surface area contributed by atoms with E-state index in [1.807, 2.05) is 4.90 Å². The molecule has 2 fully saturated rings. The van der Waals surface area contributed by atoms with E-state index >= 15 is 0 Å². The average Bonchev–Trinajstić information content (AvgIpc) is 3.26. The van der Waals surface area contributed by atoms with E-state index in [0.29, 0.717) is 6.54 Å². The first kappa shape index (κ1) is 15.9. The Morgan fingerprint density at radius 1 is 1.30 bits per heavy atom. The highest BCUT2D eigenvalue weighted by Crippen LogP contribution is 2.25. The van der Waals surface area contributed by atoms with Gasteiger partial charge in [0.25, 0.3) is 0 Å². The van der Waals surface area contributed by atoms with Gasteiger partial charge >= 0.3 is 5.97 Å². The molecule has 0 spiro atoms. The van der Waals surface area contributed by atoms with Crippen LogP contribution in [0.25, 0.3) is 0 Å². The summed E-state index contributed by atoms with van der Waals surface area (Å²) >= 11 is 0. The number of carbonyl (C=O) groups is 2. The SMILES string of the molecule is O=C(O)c1cn(CC(=O)N(CC2CCCO2)C2CCCC2)nn1. The number of rotatable bonds is 6. The molecule has 1 saturated carbocycles. The molecule has 8 nitrogen and oxygen atoms in total. The van der Waals surface area contributed by atoms with Crippen molar-refractivity contribution >= 4 is 11.9 Å². The fourth-order valence-corrected chi connectivity index (χ4v) is 3.38. The van der Waals surface area contributed by atoms with Gasteiger partial charge in [0, 0.05) is 19.2 Å². The minimum Gasteiger partial charge on any atom is -0.476 e. The number of ether oxygens (including phenoxy) is 1. The van der Waals surface area contributed by atoms with Gasteiger partial charge in [0.15, 0.2) is 5.69 Å². The van der Waals surface area contributed by atoms with Gasteiger partial charge in [0.05, 0.1) is 12.3 Å². The van der Waals surface area contributed by atoms with Crippen LogP contribution in [0.5, 0.6) is 0 Å². The molecular weight excluding hydrogens is 300 g/mol. The number of amides is 1. The molecule has 1 atom stereocenters. The van der Waals surface area contributed by atoms with Gasteiger partial charge in [0.1, 0.15) is 6.54 Å². The molecule has 1 amide bonds. The van der Waals surface area contributed by atoms with Crippen molar-refractivity contribution in [1.29, 1.82) is 0 Å². The first-order valence-electron chi connectivity index (χ1n) is 8.18. The molecule has 1 aliphatic carbocycles. The molecule has 3 rings (SSSR count). The van der Waals surface area contributed by atoms with Crippen LogP contribution < -0.4 is 0 Å². The summed E-state index contributed by atoms with van der Waals surface area (Å²) in [5.41, 5.74) is -0.149. The van der Waals surface area contributed by atoms with E-state index in [2.05, 4.69) is 10.3 Å². The highest BCUT2D eigenvalue weighted by atomic mass is 16.5. The zero-order valence-electron chi connectivity index (χ0n) is 13.1. The second kappa shape index (κ2) is 7.08. The van der Waals surface area contributed by atoms with Gasteiger partial charge in [-0.25, -0.2) is 9.48 Å². The van der Waals surface area contributed by atoms with Gasteiger partial charge in [-0.05, 0) is 25.7 Å². The van der Waals surface area contributed by atoms with Crippen molar-refractivity contribution in [3.05, 3.63) is 11.9 Å². The standard InChI is InChI=1S/C15H22N4O4/c20-14(10-18-9-13(15(21)22)16-17-18)19(11-4-1-2-5-11)8-12-6-3-7-23-12/h9,11-12H,1-8,10H2,(H,21,22). The van der Waals surface area contributed by atoms with Crippen LogP contribution in [0.1, 0.15) is 49.0 Å². The Kier molecular flexibility index (Phi) is 4.90. The van der Waals surface area contributed by atoms with Crippen LogP contribution >= 0.6 is 0 Å². The predicted octanol–water partition coefficient (Wildman–Crippen LogP) is 0.926. The summed E-state index contributed by atoms with van der Waals surface area (Å²) in [5.74, 6) is -1.19. The van der Waals surface area contributed by atoms with Crippen LogP contribution in [0.15, 0.2) is 6.20 Å². The molecule has 1 N–H and O–H groups in total. The molecular formula is C15H22N4O4. The Balaban J connectivity index is 1.66. The molecule has 1 aromatic heterocycles. The Labute approximate surface area is 134 Å². The largest absolute Gasteiger partial charge is 0.476 e. The second-order valence-corrected chi connectivity index (χ2v) is 6.23. The van der Waals surface area contributed by atoms with Crippen molar-refractivity contribution in [3.8, 4) is 0 Å². The van der Waals surface area contributed by atoms with Crippen molar-refractivity contribution in [2.45, 2.75) is 57.2 Å². The molecule has 23 heavy (non-hydrogen) atoms. The molecule has 2 heterocycles. The van der Waals surface area contributed by atoms with Crippen LogP contribution in [0.2, 0.25) is 0 Å². The molecule has 0 aromatic carbocycles. The number of carboxylic acids is 1. The Morgan fingerprint density at radius 3 is 2.70 bits per heavy atom. The average molecular weight is 322 g/mol. The lowest BCUT2D eigenvalue weighted by Crippen LogP contribution is -2.45. The summed E-state index contributed by atoms with van der Waals surface area (Å²) in [6.45, 7) is 1.40. The maximum absolute atomic E-state index is 12.7. The second-order valence-electron chi connectivity index (χ2n) is 6.23. The quantitative estimate of drug-likeness (QED) is 0.836. The highest BCUT2D eigenvalue weighted by molar-refractivity contribution is 5.84. The first-order valence-corrected chi connectivity index (χ1v) is 8.18. The van der Waals surface area contributed by atoms with Crippen molar-refractivity contribution in [3.63, 3.8) is 0 Å². The number of aromatic nitrogens is 3. The lowest BCUT2D eigenvalue weighted by Gasteiger charge is -2.31. The number of carboxylic acid groups (broad SMARTS) is 1. The van der Waals surface area contributed by atoms with Crippen molar-refractivity contribution in [2.24, 2.45) is 0 Å². The van der Waals surface area contributed by atoms with E-state index < -0.39 is 5.97 Å². The third kappa shape index (κ3) is 3.87. The molecule has 1 saturated heterocycles. The lowest BCUT2D eigenvalue weighted by molar-refractivity contribution is -0.136. The Hall–Kier alpha value is -1.96. The molecule has 1 aromatic rings. The summed E-state index contributed by atoms with van der Waals surface area (Å²) in [7, 11) is 0. The molecule has 1 aliphatic heterocycles. The Morgan fingerprint density at radius 2 is 2.09 bits per heavy atom. The predicted molar refractivity (Wildman–Crippen MR) is 79.9 cm³/mol. The van der Waals surface area contributed by atoms with Gasteiger partial charge in [-0.1, -0.05) is 18.1 Å². The summed E-state index contributed by atoms with van der Waals surface area (Å²) in [6.07, 6.45) is 7.78. The third-order valence-electron chi connectivity index (χ3n) is 4.57.